The van der Waals surface area contributed by atoms with Crippen LogP contribution in [-0.2, 0) is 21.2 Å². The Morgan fingerprint density at radius 1 is 1.23 bits per heavy atom. The number of aryl methyl sites for hydroxylation is 2. The van der Waals surface area contributed by atoms with Gasteiger partial charge in [-0.2, -0.15) is 0 Å². The summed E-state index contributed by atoms with van der Waals surface area (Å²) in [6.07, 6.45) is 6.14. The summed E-state index contributed by atoms with van der Waals surface area (Å²) in [7, 11) is -3.45. The van der Waals surface area contributed by atoms with Crippen molar-refractivity contribution in [3.8, 4) is 0 Å². The zero-order chi connectivity index (χ0) is 25.1. The van der Waals surface area contributed by atoms with Gasteiger partial charge in [0.2, 0.25) is 10.0 Å². The maximum absolute atomic E-state index is 13.1. The molecule has 0 unspecified atom stereocenters. The number of aliphatic imine (C=N–C) groups is 1. The molecule has 1 atom stereocenters. The molecule has 1 spiro atoms. The smallest absolute Gasteiger partial charge is 0.253 e. The molecule has 35 heavy (non-hydrogen) atoms. The van der Waals surface area contributed by atoms with Crippen LogP contribution in [0.4, 0.5) is 5.69 Å². The summed E-state index contributed by atoms with van der Waals surface area (Å²) < 4.78 is 27.7. The lowest BCUT2D eigenvalue weighted by Crippen LogP contribution is -2.51. The molecule has 2 aliphatic heterocycles. The Hall–Kier alpha value is -2.01. The third-order valence-corrected chi connectivity index (χ3v) is 9.53. The van der Waals surface area contributed by atoms with E-state index >= 15 is 0 Å². The highest BCUT2D eigenvalue weighted by molar-refractivity contribution is 7.89. The second-order valence-electron chi connectivity index (χ2n) is 10.1. The minimum absolute atomic E-state index is 0.0135. The number of carbonyl (C=O) groups excluding carboxylic acids is 1. The summed E-state index contributed by atoms with van der Waals surface area (Å²) in [4.78, 5) is 17.7. The fraction of sp³-hybridized carbons (Fsp3) is 0.680. The van der Waals surface area contributed by atoms with Crippen LogP contribution in [0, 0.1) is 12.8 Å². The third-order valence-electron chi connectivity index (χ3n) is 7.66. The highest BCUT2D eigenvalue weighted by atomic mass is 32.2. The summed E-state index contributed by atoms with van der Waals surface area (Å²) in [6.45, 7) is 2.49. The molecule has 1 amide bonds. The Morgan fingerprint density at radius 2 is 1.94 bits per heavy atom. The fourth-order valence-electron chi connectivity index (χ4n) is 5.34. The first kappa shape index (κ1) is 26.1. The monoisotopic (exact) mass is 506 g/mol. The Kier molecular flexibility index (Phi) is 8.15. The van der Waals surface area contributed by atoms with Gasteiger partial charge in [0, 0.05) is 31.2 Å². The van der Waals surface area contributed by atoms with Crippen LogP contribution in [0.3, 0.4) is 0 Å². The number of amidine groups is 1. The topological polar surface area (TPSA) is 131 Å². The van der Waals surface area contributed by atoms with Crippen molar-refractivity contribution in [3.05, 3.63) is 29.3 Å². The molecule has 1 aliphatic carbocycles. The van der Waals surface area contributed by atoms with Crippen LogP contribution in [0.25, 0.3) is 0 Å². The van der Waals surface area contributed by atoms with Crippen LogP contribution in [0.2, 0.25) is 0 Å². The van der Waals surface area contributed by atoms with Crippen LogP contribution >= 0.6 is 0 Å². The van der Waals surface area contributed by atoms with Gasteiger partial charge in [-0.25, -0.2) is 12.7 Å². The van der Waals surface area contributed by atoms with Crippen molar-refractivity contribution in [1.82, 2.24) is 9.62 Å². The number of nitrogens with one attached hydrogen (secondary N) is 2. The molecular weight excluding hydrogens is 468 g/mol. The number of nitrogens with zero attached hydrogens (tertiary/aromatic N) is 2. The third kappa shape index (κ3) is 6.04. The number of hydrogen-bond acceptors (Lipinski definition) is 7. The summed E-state index contributed by atoms with van der Waals surface area (Å²) in [5, 5.41) is 24.5. The minimum Gasteiger partial charge on any atom is -0.394 e. The van der Waals surface area contributed by atoms with E-state index in [1.165, 1.54) is 23.6 Å². The molecule has 1 saturated carbocycles. The second kappa shape index (κ2) is 10.9. The highest BCUT2D eigenvalue weighted by Crippen LogP contribution is 2.35. The normalized spacial score (nSPS) is 22.1. The molecule has 2 heterocycles. The minimum atomic E-state index is -3.45. The zero-order valence-electron chi connectivity index (χ0n) is 20.5. The molecular formula is C25H38N4O5S. The van der Waals surface area contributed by atoms with Gasteiger partial charge >= 0.3 is 0 Å². The summed E-state index contributed by atoms with van der Waals surface area (Å²) >= 11 is 0. The summed E-state index contributed by atoms with van der Waals surface area (Å²) in [6, 6.07) is 5.66. The van der Waals surface area contributed by atoms with Crippen LogP contribution in [0.5, 0.6) is 0 Å². The van der Waals surface area contributed by atoms with E-state index in [4.69, 9.17) is 10.1 Å². The first-order valence-corrected chi connectivity index (χ1v) is 14.3. The van der Waals surface area contributed by atoms with Gasteiger partial charge in [-0.15, -0.1) is 0 Å². The number of sulfonamides is 1. The molecule has 0 aromatic heterocycles. The summed E-state index contributed by atoms with van der Waals surface area (Å²) in [5.74, 6) is 1.11. The van der Waals surface area contributed by atoms with Gasteiger partial charge in [0.15, 0.2) is 0 Å². The van der Waals surface area contributed by atoms with Gasteiger partial charge in [0.05, 0.1) is 18.5 Å². The van der Waals surface area contributed by atoms with Gasteiger partial charge in [0.1, 0.15) is 11.4 Å². The van der Waals surface area contributed by atoms with Gasteiger partial charge < -0.3 is 20.8 Å². The van der Waals surface area contributed by atoms with Crippen LogP contribution in [0.1, 0.15) is 56.1 Å². The quantitative estimate of drug-likeness (QED) is 0.402. The van der Waals surface area contributed by atoms with Crippen molar-refractivity contribution < 1.29 is 23.4 Å². The number of aliphatic hydroxyl groups excluding tert-OH is 2. The predicted octanol–water partition coefficient (Wildman–Crippen LogP) is 1.58. The van der Waals surface area contributed by atoms with Crippen molar-refractivity contribution in [3.63, 3.8) is 0 Å². The molecule has 2 fully saturated rings. The van der Waals surface area contributed by atoms with Crippen molar-refractivity contribution in [2.24, 2.45) is 10.9 Å². The van der Waals surface area contributed by atoms with Crippen molar-refractivity contribution in [1.29, 1.82) is 0 Å². The first-order chi connectivity index (χ1) is 16.7. The predicted molar refractivity (Wildman–Crippen MR) is 136 cm³/mol. The van der Waals surface area contributed by atoms with E-state index in [-0.39, 0.29) is 24.8 Å². The molecule has 0 bridgehead atoms. The van der Waals surface area contributed by atoms with Gasteiger partial charge in [-0.3, -0.25) is 9.79 Å². The Balaban J connectivity index is 1.32. The molecule has 1 aromatic carbocycles. The first-order valence-electron chi connectivity index (χ1n) is 12.7. The molecule has 1 saturated heterocycles. The Labute approximate surface area is 208 Å². The molecule has 4 rings (SSSR count). The van der Waals surface area contributed by atoms with Crippen molar-refractivity contribution in [2.45, 2.75) is 69.9 Å². The van der Waals surface area contributed by atoms with E-state index in [0.29, 0.717) is 38.3 Å². The molecule has 3 aliphatic rings. The lowest BCUT2D eigenvalue weighted by Gasteiger charge is -2.34. The van der Waals surface area contributed by atoms with Gasteiger partial charge in [0.25, 0.3) is 5.91 Å². The van der Waals surface area contributed by atoms with Crippen molar-refractivity contribution >= 4 is 27.5 Å². The zero-order valence-corrected chi connectivity index (χ0v) is 21.3. The molecule has 1 aromatic rings. The maximum atomic E-state index is 13.1. The molecule has 0 radical (unpaired) electrons. The fourth-order valence-corrected chi connectivity index (χ4v) is 6.81. The van der Waals surface area contributed by atoms with Crippen LogP contribution in [-0.4, -0.2) is 78.3 Å². The number of aliphatic hydroxyl groups is 2. The molecule has 9 nitrogen and oxygen atoms in total. The van der Waals surface area contributed by atoms with E-state index in [0.717, 1.165) is 35.5 Å². The molecule has 194 valence electrons. The number of benzene rings is 1. The van der Waals surface area contributed by atoms with Gasteiger partial charge in [-0.05, 0) is 62.3 Å². The second-order valence-corrected chi connectivity index (χ2v) is 12.2. The largest absolute Gasteiger partial charge is 0.394 e. The van der Waals surface area contributed by atoms with Crippen LogP contribution in [0.15, 0.2) is 23.2 Å². The number of amides is 1. The molecule has 10 heteroatoms. The number of anilines is 1. The maximum Gasteiger partial charge on any atom is 0.253 e. The Morgan fingerprint density at radius 3 is 2.60 bits per heavy atom. The summed E-state index contributed by atoms with van der Waals surface area (Å²) in [5.41, 5.74) is 1.92. The highest BCUT2D eigenvalue weighted by Gasteiger charge is 2.48. The van der Waals surface area contributed by atoms with E-state index < -0.39 is 21.7 Å². The van der Waals surface area contributed by atoms with Gasteiger partial charge in [-0.1, -0.05) is 25.3 Å². The van der Waals surface area contributed by atoms with Crippen LogP contribution < -0.4 is 10.6 Å². The average molecular weight is 507 g/mol. The van der Waals surface area contributed by atoms with E-state index in [2.05, 4.69) is 10.6 Å². The SMILES string of the molecule is Cc1cc(NC[C@H](O)CO)ccc1CCS(=O)(=O)N1CCC2(CC1)N=C(C1CCCCC1)NC2=O. The lowest BCUT2D eigenvalue weighted by atomic mass is 9.88. The number of carbonyl (C=O) groups is 1. The Bertz CT molecular complexity index is 1040. The van der Waals surface area contributed by atoms with E-state index in [9.17, 15) is 18.3 Å². The average Bonchev–Trinajstić information content (AvgIpc) is 3.18. The van der Waals surface area contributed by atoms with Crippen molar-refractivity contribution in [2.75, 3.05) is 37.3 Å². The van der Waals surface area contributed by atoms with E-state index in [1.54, 1.807) is 0 Å². The number of piperidine rings is 1. The standard InChI is InChI=1S/C25H38N4O5S/c1-18-15-21(26-16-22(31)17-30)8-7-19(18)9-14-35(33,34)29-12-10-25(11-13-29)24(32)27-23(28-25)20-5-3-2-4-6-20/h7-8,15,20,22,26,30-31H,2-6,9-14,16-17H2,1H3,(H,27,28,32)/t22-/m0/s1. The molecule has 4 N–H and O–H groups in total. The number of rotatable bonds is 9. The number of hydrogen-bond donors (Lipinski definition) is 4. The van der Waals surface area contributed by atoms with E-state index in [1.807, 2.05) is 25.1 Å². The lowest BCUT2D eigenvalue weighted by molar-refractivity contribution is -0.125.